The average molecular weight is 811 g/mol. The van der Waals surface area contributed by atoms with Crippen LogP contribution in [-0.2, 0) is 41.7 Å². The van der Waals surface area contributed by atoms with Crippen molar-refractivity contribution in [3.63, 3.8) is 0 Å². The molecule has 4 heterocycles. The Kier molecular flexibility index (Phi) is 19.8. The zero-order valence-corrected chi connectivity index (χ0v) is 27.0. The number of rotatable bonds is 4. The van der Waals surface area contributed by atoms with Crippen LogP contribution >= 0.6 is 0 Å². The first kappa shape index (κ1) is 49.2. The normalized spacial score (nSPS) is 18.0. The van der Waals surface area contributed by atoms with Crippen LogP contribution in [0.2, 0.25) is 0 Å². The van der Waals surface area contributed by atoms with Gasteiger partial charge in [-0.1, -0.05) is 0 Å². The lowest BCUT2D eigenvalue weighted by atomic mass is 10.0. The number of morpholine rings is 1. The number of pyridine rings is 2. The van der Waals surface area contributed by atoms with Crippen molar-refractivity contribution in [1.82, 2.24) is 19.8 Å². The van der Waals surface area contributed by atoms with Gasteiger partial charge in [-0.15, -0.1) is 0 Å². The van der Waals surface area contributed by atoms with Gasteiger partial charge in [-0.3, -0.25) is 19.8 Å². The minimum atomic E-state index is -5.08. The topological polar surface area (TPSA) is 200 Å². The Morgan fingerprint density at radius 1 is 0.574 bits per heavy atom. The minimum absolute atomic E-state index is 0.255. The van der Waals surface area contributed by atoms with E-state index in [4.69, 9.17) is 49.1 Å². The Hall–Kier alpha value is -4.82. The molecule has 1 spiro atoms. The van der Waals surface area contributed by atoms with E-state index in [-0.39, 0.29) is 5.60 Å². The fourth-order valence-electron chi connectivity index (χ4n) is 3.85. The predicted octanol–water partition coefficient (Wildman–Crippen LogP) is 4.11. The van der Waals surface area contributed by atoms with Crippen molar-refractivity contribution in [3.05, 3.63) is 60.2 Å². The minimum Gasteiger partial charge on any atom is -0.475 e. The molecule has 2 saturated heterocycles. The van der Waals surface area contributed by atoms with Gasteiger partial charge in [-0.2, -0.15) is 52.7 Å². The highest BCUT2D eigenvalue weighted by atomic mass is 19.4. The van der Waals surface area contributed by atoms with Gasteiger partial charge in [0.05, 0.1) is 19.8 Å². The Morgan fingerprint density at radius 3 is 1.13 bits per heavy atom. The zero-order chi connectivity index (χ0) is 42.0. The molecule has 306 valence electrons. The van der Waals surface area contributed by atoms with E-state index in [9.17, 15) is 52.7 Å². The lowest BCUT2D eigenvalue weighted by molar-refractivity contribution is -0.193. The fraction of sp³-hybridized carbons (Fsp3) is 0.500. The van der Waals surface area contributed by atoms with Gasteiger partial charge in [0.15, 0.2) is 0 Å². The van der Waals surface area contributed by atoms with Crippen LogP contribution in [0, 0.1) is 0 Å². The number of aliphatic carboxylic acids is 4. The molecule has 0 aromatic carbocycles. The molecule has 26 heteroatoms. The van der Waals surface area contributed by atoms with Crippen LogP contribution in [0.4, 0.5) is 52.7 Å². The van der Waals surface area contributed by atoms with Gasteiger partial charge in [0.2, 0.25) is 0 Å². The molecule has 2 fully saturated rings. The number of ether oxygens (including phenoxy) is 2. The number of carboxylic acids is 4. The van der Waals surface area contributed by atoms with Gasteiger partial charge in [-0.25, -0.2) is 19.2 Å². The molecule has 0 saturated carbocycles. The van der Waals surface area contributed by atoms with Crippen LogP contribution in [0.25, 0.3) is 0 Å². The fourth-order valence-corrected chi connectivity index (χ4v) is 3.85. The summed E-state index contributed by atoms with van der Waals surface area (Å²) < 4.78 is 139. The molecule has 0 amide bonds. The largest absolute Gasteiger partial charge is 0.490 e. The van der Waals surface area contributed by atoms with E-state index in [1.807, 2.05) is 24.8 Å². The van der Waals surface area contributed by atoms with Gasteiger partial charge in [0.1, 0.15) is 5.60 Å². The summed E-state index contributed by atoms with van der Waals surface area (Å²) in [6.07, 6.45) is -12.9. The second kappa shape index (κ2) is 21.8. The van der Waals surface area contributed by atoms with Gasteiger partial charge in [0.25, 0.3) is 0 Å². The molecule has 0 bridgehead atoms. The molecular formula is C28H30F12N4O10. The summed E-state index contributed by atoms with van der Waals surface area (Å²) in [4.78, 5) is 48.7. The molecule has 4 N–H and O–H groups in total. The van der Waals surface area contributed by atoms with Gasteiger partial charge in [0, 0.05) is 64.1 Å². The van der Waals surface area contributed by atoms with E-state index >= 15 is 0 Å². The van der Waals surface area contributed by atoms with E-state index < -0.39 is 48.6 Å². The van der Waals surface area contributed by atoms with Crippen molar-refractivity contribution >= 4 is 23.9 Å². The first-order chi connectivity index (χ1) is 24.6. The molecule has 4 rings (SSSR count). The van der Waals surface area contributed by atoms with E-state index in [1.54, 1.807) is 0 Å². The van der Waals surface area contributed by atoms with Gasteiger partial charge >= 0.3 is 48.6 Å². The van der Waals surface area contributed by atoms with Crippen molar-refractivity contribution < 1.29 is 102 Å². The van der Waals surface area contributed by atoms with E-state index in [1.165, 1.54) is 11.1 Å². The maximum Gasteiger partial charge on any atom is 0.490 e. The Bertz CT molecular complexity index is 1350. The van der Waals surface area contributed by atoms with E-state index in [2.05, 4.69) is 44.0 Å². The summed E-state index contributed by atoms with van der Waals surface area (Å²) in [6.45, 7) is 7.65. The number of carboxylic acid groups (broad SMARTS) is 4. The Balaban J connectivity index is 0.000000820. The summed E-state index contributed by atoms with van der Waals surface area (Å²) in [7, 11) is 0. The highest BCUT2D eigenvalue weighted by molar-refractivity contribution is 5.74. The molecule has 54 heavy (non-hydrogen) atoms. The zero-order valence-electron chi connectivity index (χ0n) is 27.0. The maximum atomic E-state index is 10.6. The van der Waals surface area contributed by atoms with Crippen molar-refractivity contribution in [2.24, 2.45) is 0 Å². The number of hydrogen-bond acceptors (Lipinski definition) is 10. The third-order valence-electron chi connectivity index (χ3n) is 6.04. The van der Waals surface area contributed by atoms with Crippen LogP contribution in [0.3, 0.4) is 0 Å². The number of carbonyl (C=O) groups is 4. The molecule has 14 nitrogen and oxygen atoms in total. The second-order valence-electron chi connectivity index (χ2n) is 10.4. The molecule has 1 atom stereocenters. The van der Waals surface area contributed by atoms with Crippen LogP contribution in [-0.4, -0.2) is 140 Å². The van der Waals surface area contributed by atoms with E-state index in [0.29, 0.717) is 6.61 Å². The first-order valence-electron chi connectivity index (χ1n) is 14.2. The van der Waals surface area contributed by atoms with Crippen molar-refractivity contribution in [3.8, 4) is 0 Å². The lowest BCUT2D eigenvalue weighted by Crippen LogP contribution is -2.58. The van der Waals surface area contributed by atoms with Crippen LogP contribution in [0.15, 0.2) is 49.1 Å². The lowest BCUT2D eigenvalue weighted by Gasteiger charge is -2.43. The molecule has 0 radical (unpaired) electrons. The van der Waals surface area contributed by atoms with Crippen LogP contribution in [0.1, 0.15) is 11.1 Å². The molecular weight excluding hydrogens is 780 g/mol. The van der Waals surface area contributed by atoms with Crippen molar-refractivity contribution in [1.29, 1.82) is 0 Å². The Labute approximate surface area is 295 Å². The maximum absolute atomic E-state index is 10.6. The standard InChI is InChI=1S/C20H26N4O2.4C2HF3O2/c1-5-21-6-2-18(1)13-23-9-11-25-17-20(15-23)16-24(10-12-26-20)14-19-3-7-22-8-4-19;4*3-2(4,5)1(6)7/h1-8H,9-17H2;4*(H,6,7). The third-order valence-corrected chi connectivity index (χ3v) is 6.04. The highest BCUT2D eigenvalue weighted by Crippen LogP contribution is 2.25. The molecule has 2 aliphatic heterocycles. The molecule has 2 aromatic heterocycles. The summed E-state index contributed by atoms with van der Waals surface area (Å²) in [5, 5.41) is 28.5. The average Bonchev–Trinajstić information content (AvgIpc) is 3.22. The van der Waals surface area contributed by atoms with Gasteiger partial charge < -0.3 is 29.9 Å². The summed E-state index contributed by atoms with van der Waals surface area (Å²) >= 11 is 0. The summed E-state index contributed by atoms with van der Waals surface area (Å²) in [6, 6.07) is 8.33. The number of alkyl halides is 12. The molecule has 1 unspecified atom stereocenters. The SMILES string of the molecule is O=C(O)C(F)(F)F.O=C(O)C(F)(F)F.O=C(O)C(F)(F)F.O=C(O)C(F)(F)F.c1cc(CN2CCOCC3(C2)CN(Cc2ccncc2)CCO3)ccn1. The number of nitrogens with zero attached hydrogens (tertiary/aromatic N) is 4. The molecule has 0 aliphatic carbocycles. The van der Waals surface area contributed by atoms with Crippen LogP contribution in [0.5, 0.6) is 0 Å². The number of halogens is 12. The highest BCUT2D eigenvalue weighted by Gasteiger charge is 2.41. The van der Waals surface area contributed by atoms with Crippen LogP contribution < -0.4 is 0 Å². The second-order valence-corrected chi connectivity index (χ2v) is 10.4. The Morgan fingerprint density at radius 2 is 0.852 bits per heavy atom. The number of aromatic nitrogens is 2. The third kappa shape index (κ3) is 21.6. The smallest absolute Gasteiger partial charge is 0.475 e. The van der Waals surface area contributed by atoms with E-state index in [0.717, 1.165) is 52.5 Å². The predicted molar refractivity (Wildman–Crippen MR) is 153 cm³/mol. The number of hydrogen-bond donors (Lipinski definition) is 4. The monoisotopic (exact) mass is 810 g/mol. The van der Waals surface area contributed by atoms with Gasteiger partial charge in [-0.05, 0) is 35.4 Å². The summed E-state index contributed by atoms with van der Waals surface area (Å²) in [5.74, 6) is -11.0. The first-order valence-corrected chi connectivity index (χ1v) is 14.2. The summed E-state index contributed by atoms with van der Waals surface area (Å²) in [5.41, 5.74) is 2.32. The quantitative estimate of drug-likeness (QED) is 0.322. The molecule has 2 aromatic rings. The molecule has 2 aliphatic rings. The van der Waals surface area contributed by atoms with Crippen molar-refractivity contribution in [2.75, 3.05) is 46.0 Å². The van der Waals surface area contributed by atoms with Crippen molar-refractivity contribution in [2.45, 2.75) is 43.4 Å².